The molecule has 0 saturated heterocycles. The van der Waals surface area contributed by atoms with E-state index in [4.69, 9.17) is 10.8 Å². The van der Waals surface area contributed by atoms with Crippen LogP contribution in [0.4, 0.5) is 0 Å². The van der Waals surface area contributed by atoms with Crippen molar-refractivity contribution in [2.75, 3.05) is 7.11 Å². The Morgan fingerprint density at radius 2 is 1.90 bits per heavy atom. The van der Waals surface area contributed by atoms with Gasteiger partial charge in [0, 0.05) is 10.5 Å². The van der Waals surface area contributed by atoms with Crippen LogP contribution < -0.4 is 5.73 Å². The number of rotatable bonds is 7. The van der Waals surface area contributed by atoms with Gasteiger partial charge in [0.1, 0.15) is 6.04 Å². The topological polar surface area (TPSA) is 89.6 Å². The highest BCUT2D eigenvalue weighted by Crippen LogP contribution is 2.31. The van der Waals surface area contributed by atoms with Crippen LogP contribution in [-0.4, -0.2) is 34.9 Å². The zero-order valence-corrected chi connectivity index (χ0v) is 13.3. The smallest absolute Gasteiger partial charge is 0.321 e. The third kappa shape index (κ3) is 5.06. The molecule has 1 aromatic rings. The molecular weight excluding hydrogens is 290 g/mol. The quantitative estimate of drug-likeness (QED) is 0.747. The summed E-state index contributed by atoms with van der Waals surface area (Å²) in [4.78, 5) is 22.4. The molecule has 0 saturated carbocycles. The average molecular weight is 311 g/mol. The Morgan fingerprint density at radius 1 is 1.33 bits per heavy atom. The Hall–Kier alpha value is -1.53. The maximum absolute atomic E-state index is 11.4. The van der Waals surface area contributed by atoms with Gasteiger partial charge in [0.15, 0.2) is 0 Å². The summed E-state index contributed by atoms with van der Waals surface area (Å²) in [5.74, 6) is -0.731. The van der Waals surface area contributed by atoms with Crippen molar-refractivity contribution in [1.29, 1.82) is 0 Å². The molecule has 0 fully saturated rings. The molecule has 0 aliphatic rings. The Kier molecular flexibility index (Phi) is 6.23. The van der Waals surface area contributed by atoms with Crippen molar-refractivity contribution in [1.82, 2.24) is 0 Å². The molecule has 0 radical (unpaired) electrons. The van der Waals surface area contributed by atoms with Gasteiger partial charge in [0.05, 0.1) is 13.5 Å². The predicted octanol–water partition coefficient (Wildman–Crippen LogP) is 1.83. The summed E-state index contributed by atoms with van der Waals surface area (Å²) in [6, 6.07) is 6.60. The van der Waals surface area contributed by atoms with Crippen LogP contribution in [0.2, 0.25) is 0 Å². The first-order chi connectivity index (χ1) is 9.77. The summed E-state index contributed by atoms with van der Waals surface area (Å²) in [6.07, 6.45) is 0.207. The first-order valence-electron chi connectivity index (χ1n) is 6.54. The molecule has 6 heteroatoms. The zero-order chi connectivity index (χ0) is 16.0. The van der Waals surface area contributed by atoms with Crippen molar-refractivity contribution >= 4 is 23.7 Å². The second kappa shape index (κ2) is 7.47. The standard InChI is InChI=1S/C15H21NO4S/c1-15(2,13(16)14(18)19)21-9-11-7-5-4-6-10(11)8-12(17)20-3/h4-7,13H,8-9,16H2,1-3H3,(H,18,19)/t13-/m1/s1. The number of hydrogen-bond acceptors (Lipinski definition) is 5. The van der Waals surface area contributed by atoms with Crippen molar-refractivity contribution in [2.45, 2.75) is 36.8 Å². The van der Waals surface area contributed by atoms with Crippen LogP contribution in [0.5, 0.6) is 0 Å². The van der Waals surface area contributed by atoms with E-state index >= 15 is 0 Å². The fraction of sp³-hybridized carbons (Fsp3) is 0.467. The lowest BCUT2D eigenvalue weighted by Gasteiger charge is -2.28. The van der Waals surface area contributed by atoms with Crippen LogP contribution in [0.1, 0.15) is 25.0 Å². The van der Waals surface area contributed by atoms with Gasteiger partial charge in [-0.2, -0.15) is 0 Å². The van der Waals surface area contributed by atoms with E-state index in [-0.39, 0.29) is 12.4 Å². The summed E-state index contributed by atoms with van der Waals surface area (Å²) in [6.45, 7) is 3.61. The van der Waals surface area contributed by atoms with Crippen molar-refractivity contribution in [3.63, 3.8) is 0 Å². The Labute approximate surface area is 128 Å². The molecule has 116 valence electrons. The Morgan fingerprint density at radius 3 is 2.43 bits per heavy atom. The third-order valence-corrected chi connectivity index (χ3v) is 4.75. The largest absolute Gasteiger partial charge is 0.480 e. The second-order valence-corrected chi connectivity index (χ2v) is 6.86. The molecule has 0 aliphatic carbocycles. The molecule has 0 unspecified atom stereocenters. The number of aliphatic carboxylic acids is 1. The van der Waals surface area contributed by atoms with Gasteiger partial charge in [-0.3, -0.25) is 9.59 Å². The number of nitrogens with two attached hydrogens (primary N) is 1. The molecular formula is C15H21NO4S. The molecule has 0 bridgehead atoms. The SMILES string of the molecule is COC(=O)Cc1ccccc1CSC(C)(C)[C@H](N)C(=O)O. The van der Waals surface area contributed by atoms with E-state index < -0.39 is 16.8 Å². The molecule has 3 N–H and O–H groups in total. The van der Waals surface area contributed by atoms with Crippen LogP contribution in [0, 0.1) is 0 Å². The molecule has 1 atom stereocenters. The maximum atomic E-state index is 11.4. The van der Waals surface area contributed by atoms with Crippen LogP contribution in [0.25, 0.3) is 0 Å². The summed E-state index contributed by atoms with van der Waals surface area (Å²) < 4.78 is 4.07. The lowest BCUT2D eigenvalue weighted by Crippen LogP contribution is -2.46. The fourth-order valence-electron chi connectivity index (χ4n) is 1.75. The summed E-state index contributed by atoms with van der Waals surface area (Å²) in [5, 5.41) is 9.02. The molecule has 5 nitrogen and oxygen atoms in total. The maximum Gasteiger partial charge on any atom is 0.321 e. The normalized spacial score (nSPS) is 12.8. The number of esters is 1. The van der Waals surface area contributed by atoms with E-state index in [1.165, 1.54) is 18.9 Å². The highest BCUT2D eigenvalue weighted by Gasteiger charge is 2.32. The molecule has 0 amide bonds. The van der Waals surface area contributed by atoms with Gasteiger partial charge >= 0.3 is 11.9 Å². The number of carbonyl (C=O) groups excluding carboxylic acids is 1. The van der Waals surface area contributed by atoms with Gasteiger partial charge in [0.2, 0.25) is 0 Å². The van der Waals surface area contributed by atoms with E-state index in [9.17, 15) is 9.59 Å². The minimum Gasteiger partial charge on any atom is -0.480 e. The minimum absolute atomic E-state index is 0.207. The Balaban J connectivity index is 2.80. The molecule has 0 spiro atoms. The predicted molar refractivity (Wildman–Crippen MR) is 83.1 cm³/mol. The second-order valence-electron chi connectivity index (χ2n) is 5.23. The van der Waals surface area contributed by atoms with Crippen molar-refractivity contribution in [3.05, 3.63) is 35.4 Å². The number of carbonyl (C=O) groups is 2. The van der Waals surface area contributed by atoms with E-state index in [1.54, 1.807) is 13.8 Å². The van der Waals surface area contributed by atoms with Gasteiger partial charge in [-0.15, -0.1) is 11.8 Å². The number of ether oxygens (including phenoxy) is 1. The first kappa shape index (κ1) is 17.5. The number of thioether (sulfide) groups is 1. The van der Waals surface area contributed by atoms with E-state index in [2.05, 4.69) is 4.74 Å². The highest BCUT2D eigenvalue weighted by atomic mass is 32.2. The van der Waals surface area contributed by atoms with Crippen LogP contribution in [0.15, 0.2) is 24.3 Å². The summed E-state index contributed by atoms with van der Waals surface area (Å²) >= 11 is 1.46. The third-order valence-electron chi connectivity index (χ3n) is 3.30. The zero-order valence-electron chi connectivity index (χ0n) is 12.5. The monoisotopic (exact) mass is 311 g/mol. The number of hydrogen-bond donors (Lipinski definition) is 2. The van der Waals surface area contributed by atoms with Gasteiger partial charge in [0.25, 0.3) is 0 Å². The lowest BCUT2D eigenvalue weighted by molar-refractivity contribution is -0.140. The van der Waals surface area contributed by atoms with Gasteiger partial charge in [-0.1, -0.05) is 24.3 Å². The molecule has 21 heavy (non-hydrogen) atoms. The van der Waals surface area contributed by atoms with Crippen LogP contribution >= 0.6 is 11.8 Å². The van der Waals surface area contributed by atoms with E-state index in [0.29, 0.717) is 5.75 Å². The molecule has 1 aromatic carbocycles. The van der Waals surface area contributed by atoms with Crippen molar-refractivity contribution in [3.8, 4) is 0 Å². The van der Waals surface area contributed by atoms with Gasteiger partial charge < -0.3 is 15.6 Å². The first-order valence-corrected chi connectivity index (χ1v) is 7.52. The van der Waals surface area contributed by atoms with E-state index in [1.807, 2.05) is 24.3 Å². The summed E-state index contributed by atoms with van der Waals surface area (Å²) in [5.41, 5.74) is 7.57. The number of methoxy groups -OCH3 is 1. The molecule has 0 aromatic heterocycles. The molecule has 1 rings (SSSR count). The fourth-order valence-corrected chi connectivity index (χ4v) is 2.84. The van der Waals surface area contributed by atoms with E-state index in [0.717, 1.165) is 11.1 Å². The Bertz CT molecular complexity index is 516. The number of carboxylic acids is 1. The van der Waals surface area contributed by atoms with Gasteiger partial charge in [-0.05, 0) is 25.0 Å². The number of carboxylic acid groups (broad SMARTS) is 1. The highest BCUT2D eigenvalue weighted by molar-refractivity contribution is 7.99. The van der Waals surface area contributed by atoms with Crippen LogP contribution in [0.3, 0.4) is 0 Å². The molecule has 0 aliphatic heterocycles. The van der Waals surface area contributed by atoms with Crippen molar-refractivity contribution < 1.29 is 19.4 Å². The average Bonchev–Trinajstić information content (AvgIpc) is 2.45. The molecule has 0 heterocycles. The minimum atomic E-state index is -1.02. The summed E-state index contributed by atoms with van der Waals surface area (Å²) in [7, 11) is 1.36. The lowest BCUT2D eigenvalue weighted by atomic mass is 10.0. The van der Waals surface area contributed by atoms with Crippen molar-refractivity contribution in [2.24, 2.45) is 5.73 Å². The van der Waals surface area contributed by atoms with Gasteiger partial charge in [-0.25, -0.2) is 0 Å². The van der Waals surface area contributed by atoms with Crippen LogP contribution in [-0.2, 0) is 26.5 Å². The number of benzene rings is 1.